The van der Waals surface area contributed by atoms with E-state index in [1.807, 2.05) is 0 Å². The van der Waals surface area contributed by atoms with Gasteiger partial charge in [0, 0.05) is 0 Å². The third-order valence-corrected chi connectivity index (χ3v) is 1.63. The van der Waals surface area contributed by atoms with Crippen LogP contribution < -0.4 is 0 Å². The van der Waals surface area contributed by atoms with Gasteiger partial charge in [0.2, 0.25) is 0 Å². The fourth-order valence-electron chi connectivity index (χ4n) is 0.441. The molecule has 1 heterocycles. The molecule has 1 aromatic rings. The van der Waals surface area contributed by atoms with Crippen molar-refractivity contribution in [3.63, 3.8) is 0 Å². The van der Waals surface area contributed by atoms with Crippen molar-refractivity contribution in [1.82, 2.24) is 9.97 Å². The lowest BCUT2D eigenvalue weighted by molar-refractivity contribution is 0.111. The number of carbonyl (C=O) groups excluding carboxylic acids is 1. The maximum atomic E-state index is 10.2. The number of hydrogen-bond donors (Lipinski definition) is 0. The lowest BCUT2D eigenvalue weighted by Gasteiger charge is -1.92. The average Bonchev–Trinajstić information content (AvgIpc) is 1.94. The maximum Gasteiger partial charge on any atom is 0.171 e. The van der Waals surface area contributed by atoms with Crippen LogP contribution in [0.3, 0.4) is 0 Å². The van der Waals surface area contributed by atoms with E-state index in [4.69, 9.17) is 11.6 Å². The van der Waals surface area contributed by atoms with E-state index in [2.05, 4.69) is 25.9 Å². The molecule has 0 aliphatic carbocycles. The minimum atomic E-state index is 0.213. The Morgan fingerprint density at radius 1 is 1.70 bits per heavy atom. The van der Waals surface area contributed by atoms with Crippen LogP contribution in [0.5, 0.6) is 0 Å². The van der Waals surface area contributed by atoms with Crippen LogP contribution in [0.25, 0.3) is 0 Å². The summed E-state index contributed by atoms with van der Waals surface area (Å²) >= 11 is 8.47. The summed E-state index contributed by atoms with van der Waals surface area (Å²) in [7, 11) is 0. The summed E-state index contributed by atoms with van der Waals surface area (Å²) in [6.45, 7) is 0. The zero-order valence-corrected chi connectivity index (χ0v) is 7.06. The first-order chi connectivity index (χ1) is 4.74. The van der Waals surface area contributed by atoms with Crippen LogP contribution in [0.1, 0.15) is 10.5 Å². The minimum Gasteiger partial charge on any atom is -0.296 e. The minimum absolute atomic E-state index is 0.213. The molecular formula is C5H2BrClN2O. The molecule has 0 saturated heterocycles. The smallest absolute Gasteiger partial charge is 0.171 e. The number of carbonyl (C=O) groups is 1. The summed E-state index contributed by atoms with van der Waals surface area (Å²) in [4.78, 5) is 17.6. The molecule has 52 valence electrons. The Balaban J connectivity index is 3.21. The van der Waals surface area contributed by atoms with Gasteiger partial charge in [-0.15, -0.1) is 0 Å². The molecule has 0 bridgehead atoms. The number of halogens is 2. The fraction of sp³-hybridized carbons (Fsp3) is 0. The molecule has 0 aliphatic rings. The average molecular weight is 221 g/mol. The van der Waals surface area contributed by atoms with E-state index in [9.17, 15) is 4.79 Å². The summed E-state index contributed by atoms with van der Waals surface area (Å²) in [6, 6.07) is 0. The number of nitrogens with zero attached hydrogens (tertiary/aromatic N) is 2. The Hall–Kier alpha value is -0.480. The molecular weight excluding hydrogens is 219 g/mol. The molecule has 0 spiro atoms. The van der Waals surface area contributed by atoms with Gasteiger partial charge in [-0.25, -0.2) is 9.97 Å². The molecule has 5 heteroatoms. The lowest BCUT2D eigenvalue weighted by atomic mass is 10.5. The molecule has 0 fully saturated rings. The number of rotatable bonds is 1. The van der Waals surface area contributed by atoms with E-state index in [0.29, 0.717) is 10.9 Å². The van der Waals surface area contributed by atoms with Crippen LogP contribution in [0.4, 0.5) is 0 Å². The normalized spacial score (nSPS) is 9.40. The van der Waals surface area contributed by atoms with Gasteiger partial charge in [-0.2, -0.15) is 0 Å². The molecule has 0 amide bonds. The summed E-state index contributed by atoms with van der Waals surface area (Å²) < 4.78 is 0.409. The SMILES string of the molecule is O=Cc1nc(Cl)cnc1Br. The molecule has 0 N–H and O–H groups in total. The zero-order valence-electron chi connectivity index (χ0n) is 4.71. The van der Waals surface area contributed by atoms with Crippen molar-refractivity contribution in [1.29, 1.82) is 0 Å². The van der Waals surface area contributed by atoms with Gasteiger partial charge in [0.15, 0.2) is 6.29 Å². The van der Waals surface area contributed by atoms with Gasteiger partial charge >= 0.3 is 0 Å². The third-order valence-electron chi connectivity index (χ3n) is 0.835. The number of hydrogen-bond acceptors (Lipinski definition) is 3. The Labute approximate surface area is 70.6 Å². The Morgan fingerprint density at radius 2 is 2.40 bits per heavy atom. The summed E-state index contributed by atoms with van der Waals surface area (Å²) in [6.07, 6.45) is 1.95. The van der Waals surface area contributed by atoms with Gasteiger partial charge in [0.1, 0.15) is 15.5 Å². The molecule has 3 nitrogen and oxygen atoms in total. The number of aromatic nitrogens is 2. The molecule has 0 aliphatic heterocycles. The molecule has 0 aromatic carbocycles. The molecule has 0 unspecified atom stereocenters. The molecule has 10 heavy (non-hydrogen) atoms. The van der Waals surface area contributed by atoms with Gasteiger partial charge in [-0.1, -0.05) is 11.6 Å². The monoisotopic (exact) mass is 220 g/mol. The first-order valence-electron chi connectivity index (χ1n) is 2.37. The standard InChI is InChI=1S/C5H2BrClN2O/c6-5-3(2-10)9-4(7)1-8-5/h1-2H. The van der Waals surface area contributed by atoms with Gasteiger partial charge in [0.25, 0.3) is 0 Å². The van der Waals surface area contributed by atoms with E-state index in [0.717, 1.165) is 0 Å². The molecule has 0 atom stereocenters. The van der Waals surface area contributed by atoms with Gasteiger partial charge in [-0.05, 0) is 15.9 Å². The second kappa shape index (κ2) is 3.07. The molecule has 0 radical (unpaired) electrons. The topological polar surface area (TPSA) is 42.9 Å². The first kappa shape index (κ1) is 7.63. The van der Waals surface area contributed by atoms with Crippen LogP contribution in [0, 0.1) is 0 Å². The van der Waals surface area contributed by atoms with E-state index < -0.39 is 0 Å². The predicted molar refractivity (Wildman–Crippen MR) is 40.1 cm³/mol. The molecule has 0 saturated carbocycles. The van der Waals surface area contributed by atoms with Crippen molar-refractivity contribution < 1.29 is 4.79 Å². The van der Waals surface area contributed by atoms with E-state index in [1.165, 1.54) is 6.20 Å². The highest BCUT2D eigenvalue weighted by Gasteiger charge is 2.00. The van der Waals surface area contributed by atoms with Crippen molar-refractivity contribution >= 4 is 33.8 Å². The second-order valence-corrected chi connectivity index (χ2v) is 2.63. The van der Waals surface area contributed by atoms with E-state index in [1.54, 1.807) is 0 Å². The summed E-state index contributed by atoms with van der Waals surface area (Å²) in [5.41, 5.74) is 0.215. The van der Waals surface area contributed by atoms with Crippen LogP contribution in [-0.4, -0.2) is 16.3 Å². The van der Waals surface area contributed by atoms with Crippen LogP contribution >= 0.6 is 27.5 Å². The van der Waals surface area contributed by atoms with Crippen LogP contribution in [0.15, 0.2) is 10.8 Å². The fourth-order valence-corrected chi connectivity index (χ4v) is 0.865. The van der Waals surface area contributed by atoms with Crippen molar-refractivity contribution in [2.75, 3.05) is 0 Å². The zero-order chi connectivity index (χ0) is 7.56. The van der Waals surface area contributed by atoms with Crippen LogP contribution in [0.2, 0.25) is 5.15 Å². The first-order valence-corrected chi connectivity index (χ1v) is 3.54. The second-order valence-electron chi connectivity index (χ2n) is 1.49. The van der Waals surface area contributed by atoms with Gasteiger partial charge < -0.3 is 0 Å². The highest BCUT2D eigenvalue weighted by Crippen LogP contribution is 2.11. The van der Waals surface area contributed by atoms with Crippen molar-refractivity contribution in [2.45, 2.75) is 0 Å². The van der Waals surface area contributed by atoms with Crippen molar-refractivity contribution in [3.8, 4) is 0 Å². The van der Waals surface area contributed by atoms with Gasteiger partial charge in [-0.3, -0.25) is 4.79 Å². The lowest BCUT2D eigenvalue weighted by Crippen LogP contribution is -1.91. The Bertz CT molecular complexity index is 266. The maximum absolute atomic E-state index is 10.2. The van der Waals surface area contributed by atoms with E-state index >= 15 is 0 Å². The van der Waals surface area contributed by atoms with Crippen molar-refractivity contribution in [2.24, 2.45) is 0 Å². The van der Waals surface area contributed by atoms with Crippen molar-refractivity contribution in [3.05, 3.63) is 21.6 Å². The highest BCUT2D eigenvalue weighted by molar-refractivity contribution is 9.10. The molecule has 1 rings (SSSR count). The summed E-state index contributed by atoms with van der Waals surface area (Å²) in [5, 5.41) is 0.213. The Morgan fingerprint density at radius 3 is 2.90 bits per heavy atom. The van der Waals surface area contributed by atoms with E-state index in [-0.39, 0.29) is 10.8 Å². The largest absolute Gasteiger partial charge is 0.296 e. The van der Waals surface area contributed by atoms with Crippen LogP contribution in [-0.2, 0) is 0 Å². The molecule has 1 aromatic heterocycles. The highest BCUT2D eigenvalue weighted by atomic mass is 79.9. The van der Waals surface area contributed by atoms with Gasteiger partial charge in [0.05, 0.1) is 6.20 Å². The predicted octanol–water partition coefficient (Wildman–Crippen LogP) is 1.71. The Kier molecular flexibility index (Phi) is 2.34. The third kappa shape index (κ3) is 1.52. The quantitative estimate of drug-likeness (QED) is 0.678. The number of aldehydes is 1. The summed E-state index contributed by atoms with van der Waals surface area (Å²) in [5.74, 6) is 0.